The molecule has 0 aromatic heterocycles. The number of aliphatic hydroxyl groups is 3. The van der Waals surface area contributed by atoms with Crippen LogP contribution in [0.5, 0.6) is 0 Å². The number of hydrazine groups is 1. The van der Waals surface area contributed by atoms with Gasteiger partial charge in [-0.2, -0.15) is 0 Å². The molecule has 16 heteroatoms. The summed E-state index contributed by atoms with van der Waals surface area (Å²) in [6.07, 6.45) is 18.9. The largest absolute Gasteiger partial charge is 1.00 e. The monoisotopic (exact) mass is 1360 g/mol. The number of hydrogen-bond acceptors (Lipinski definition) is 10. The van der Waals surface area contributed by atoms with Gasteiger partial charge < -0.3 is 36.0 Å². The van der Waals surface area contributed by atoms with Crippen LogP contribution >= 0.6 is 22.6 Å². The maximum Gasteiger partial charge on any atom is 1.00 e. The molecule has 88 heavy (non-hydrogen) atoms. The molecule has 0 fully saturated rings. The Morgan fingerprint density at radius 1 is 0.432 bits per heavy atom. The summed E-state index contributed by atoms with van der Waals surface area (Å²) in [5, 5.41) is 28.9. The first-order chi connectivity index (χ1) is 41.6. The second-order valence-corrected chi connectivity index (χ2v) is 28.5. The minimum atomic E-state index is -1.10. The Morgan fingerprint density at radius 3 is 0.841 bits per heavy atom. The number of rotatable bonds is 6. The molecule has 2 aliphatic rings. The maximum absolute atomic E-state index is 12.1. The number of benzene rings is 7. The van der Waals surface area contributed by atoms with E-state index >= 15 is 0 Å². The molecular weight excluding hydrogens is 1270 g/mol. The Morgan fingerprint density at radius 2 is 0.659 bits per heavy atom. The summed E-state index contributed by atoms with van der Waals surface area (Å²) in [5.41, 5.74) is 18.1. The second-order valence-electron chi connectivity index (χ2n) is 19.0. The molecule has 7 aromatic carbocycles. The quantitative estimate of drug-likeness (QED) is 0.0176. The number of nitrogens with two attached hydrogens (primary N) is 3. The fourth-order valence-corrected chi connectivity index (χ4v) is 6.71. The Labute approximate surface area is 585 Å². The summed E-state index contributed by atoms with van der Waals surface area (Å²) < 4.78 is 0. The maximum atomic E-state index is 12.1. The van der Waals surface area contributed by atoms with Gasteiger partial charge in [-0.1, -0.05) is 250 Å². The first kappa shape index (κ1) is 89.9. The van der Waals surface area contributed by atoms with Crippen LogP contribution in [0.4, 0.5) is 0 Å². The van der Waals surface area contributed by atoms with Crippen LogP contribution in [0.1, 0.15) is 96.9 Å². The number of carbonyl (C=O) groups is 4. The average Bonchev–Trinajstić information content (AvgIpc) is 3.73. The predicted molar refractivity (Wildman–Crippen MR) is 378 cm³/mol. The van der Waals surface area contributed by atoms with E-state index in [9.17, 15) is 19.2 Å². The molecule has 0 radical (unpaired) electrons. The van der Waals surface area contributed by atoms with Crippen molar-refractivity contribution in [3.8, 4) is 60.5 Å². The van der Waals surface area contributed by atoms with Crippen LogP contribution in [-0.2, 0) is 32.9 Å². The molecule has 7 aromatic rings. The van der Waals surface area contributed by atoms with Crippen molar-refractivity contribution in [3.63, 3.8) is 0 Å². The molecule has 4 amide bonds. The van der Waals surface area contributed by atoms with Crippen molar-refractivity contribution in [2.45, 2.75) is 99.9 Å². The van der Waals surface area contributed by atoms with Gasteiger partial charge in [0.25, 0.3) is 11.8 Å². The van der Waals surface area contributed by atoms with Gasteiger partial charge in [-0.15, -0.1) is 60.5 Å². The van der Waals surface area contributed by atoms with Crippen LogP contribution in [0.3, 0.4) is 0 Å². The molecule has 0 bridgehead atoms. The number of alkyl halides is 1. The number of halogens is 1. The third kappa shape index (κ3) is 46.4. The first-order valence-corrected chi connectivity index (χ1v) is 36.1. The first-order valence-electron chi connectivity index (χ1n) is 27.0. The number of hydrogen-bond donors (Lipinski definition) is 6. The topological polar surface area (TPSA) is 224 Å². The normalized spacial score (nSPS) is 9.86. The summed E-state index contributed by atoms with van der Waals surface area (Å²) in [6, 6.07) is 61.6. The van der Waals surface area contributed by atoms with E-state index in [1.54, 1.807) is 69.3 Å². The van der Waals surface area contributed by atoms with Crippen molar-refractivity contribution < 1.29 is 85.9 Å². The van der Waals surface area contributed by atoms with Crippen molar-refractivity contribution >= 4 is 62.4 Å². The third-order valence-electron chi connectivity index (χ3n) is 9.74. The molecule has 9 N–H and O–H groups in total. The fourth-order valence-electron chi connectivity index (χ4n) is 5.96. The van der Waals surface area contributed by atoms with E-state index in [2.05, 4.69) is 133 Å². The van der Waals surface area contributed by atoms with Crippen LogP contribution < -0.4 is 68.8 Å². The van der Waals surface area contributed by atoms with E-state index in [-0.39, 0.29) is 83.0 Å². The molecular formula is C72H89IKN5O7Si2. The molecule has 12 nitrogen and oxygen atoms in total. The van der Waals surface area contributed by atoms with E-state index in [1.807, 2.05) is 164 Å². The molecule has 9 rings (SSSR count). The standard InChI is InChI=1S/C15H11NO2.C8H5NO2.C7H9N.3C7H8O.C6H12Si.C5H10Si.3C3H4.CH3I.K.H4N2/c17-14-12-8-4-5-9-13(12)15(18)16(14)10-11-6-2-1-3-7-11;10-7-5-3-1-2-4-6(5)8(11)9-7;4*8-6-7-4-2-1-3-5-7;1-5-6-7(2,3)4;1-5-6(2,3)4;3*1-3-2;1-2;;1-2/h1-9H,10H2;1-4H,(H,9,10,11);1-5H,6,8H2;3*1-5,8H,6H2;1-4H3;1H,2-4H3;3*1H,2H3;1H3;;1-2H2/q;;;;;;;;;;;;+1;/p-1. The van der Waals surface area contributed by atoms with Gasteiger partial charge >= 0.3 is 51.4 Å². The summed E-state index contributed by atoms with van der Waals surface area (Å²) >= 11 is 2.15. The van der Waals surface area contributed by atoms with E-state index in [0.717, 1.165) is 22.3 Å². The van der Waals surface area contributed by atoms with Crippen LogP contribution in [-0.4, -0.2) is 64.9 Å². The predicted octanol–water partition coefficient (Wildman–Crippen LogP) is 10.7. The van der Waals surface area contributed by atoms with Crippen LogP contribution in [0.2, 0.25) is 39.3 Å². The minimum absolute atomic E-state index is 0. The van der Waals surface area contributed by atoms with Crippen molar-refractivity contribution in [1.82, 2.24) is 4.90 Å². The zero-order valence-corrected chi connectivity index (χ0v) is 60.7. The van der Waals surface area contributed by atoms with Gasteiger partial charge in [-0.3, -0.25) is 26.2 Å². The number of fused-ring (bicyclic) bond motifs is 2. The summed E-state index contributed by atoms with van der Waals surface area (Å²) in [4.78, 5) is 49.3. The Bertz CT molecular complexity index is 2910. The summed E-state index contributed by atoms with van der Waals surface area (Å²) in [5.74, 6) is 16.4. The smallest absolute Gasteiger partial charge is 0.587 e. The molecule has 0 saturated carbocycles. The Balaban J connectivity index is -0.000000296. The molecule has 0 saturated heterocycles. The van der Waals surface area contributed by atoms with Gasteiger partial charge in [0.1, 0.15) is 16.1 Å². The number of aliphatic hydroxyl groups excluding tert-OH is 3. The van der Waals surface area contributed by atoms with Crippen molar-refractivity contribution in [1.29, 1.82) is 0 Å². The van der Waals surface area contributed by atoms with Gasteiger partial charge in [0.2, 0.25) is 0 Å². The number of carbonyl (C=O) groups excluding carboxylic acids is 4. The van der Waals surface area contributed by atoms with Gasteiger partial charge in [0, 0.05) is 17.7 Å². The van der Waals surface area contributed by atoms with E-state index in [0.29, 0.717) is 35.3 Å². The number of amides is 4. The molecule has 0 spiro atoms. The minimum Gasteiger partial charge on any atom is -0.587 e. The van der Waals surface area contributed by atoms with Gasteiger partial charge in [0.15, 0.2) is 0 Å². The van der Waals surface area contributed by atoms with Gasteiger partial charge in [-0.25, -0.2) is 0 Å². The molecule has 2 aliphatic heterocycles. The molecule has 0 aliphatic carbocycles. The molecule has 2 heterocycles. The van der Waals surface area contributed by atoms with Crippen LogP contribution in [0.15, 0.2) is 200 Å². The fraction of sp³-hybridized carbons (Fsp3) is 0.222. The van der Waals surface area contributed by atoms with Crippen molar-refractivity contribution in [2.24, 2.45) is 17.4 Å². The molecule has 0 atom stereocenters. The second kappa shape index (κ2) is 59.2. The SMILES string of the molecule is C#CC.C#CC.C#CC.C#C[Si](C)(C)C.CC#C[Si](C)(C)C.CI.NCc1ccccc1.NN.O=C1[N-]C(=O)c2ccccc21.O=C1c2ccccc2C(=O)N1Cc1ccccc1.OCc1ccccc1.OCc1ccccc1.OCc1ccccc1.[K+]. The number of imide groups is 2. The van der Waals surface area contributed by atoms with Crippen molar-refractivity contribution in [3.05, 3.63) is 256 Å². The van der Waals surface area contributed by atoms with Gasteiger partial charge in [-0.05, 0) is 72.6 Å². The zero-order valence-electron chi connectivity index (χ0n) is 53.4. The average molecular weight is 1360 g/mol. The van der Waals surface area contributed by atoms with Crippen molar-refractivity contribution in [2.75, 3.05) is 4.93 Å². The zero-order chi connectivity index (χ0) is 66.9. The third-order valence-corrected chi connectivity index (χ3v) is 11.6. The number of terminal acetylenes is 4. The Hall–Kier alpha value is -6.82. The van der Waals surface area contributed by atoms with Gasteiger partial charge in [0.05, 0.1) is 49.3 Å². The number of nitrogens with zero attached hydrogens (tertiary/aromatic N) is 2. The van der Waals surface area contributed by atoms with Crippen LogP contribution in [0, 0.1) is 60.5 Å². The Kier molecular flexibility index (Phi) is 60.5. The summed E-state index contributed by atoms with van der Waals surface area (Å²) in [6.45, 7) is 21.4. The summed E-state index contributed by atoms with van der Waals surface area (Å²) in [7, 11) is -2.12. The van der Waals surface area contributed by atoms with E-state index in [1.165, 1.54) is 10.5 Å². The molecule has 0 unspecified atom stereocenters. The van der Waals surface area contributed by atoms with Crippen LogP contribution in [0.25, 0.3) is 5.32 Å². The van der Waals surface area contributed by atoms with E-state index < -0.39 is 28.0 Å². The van der Waals surface area contributed by atoms with E-state index in [4.69, 9.17) is 27.5 Å². The molecule has 460 valence electrons.